The van der Waals surface area contributed by atoms with E-state index in [1.807, 2.05) is 19.2 Å². The summed E-state index contributed by atoms with van der Waals surface area (Å²) in [5, 5.41) is 6.95. The number of aliphatic imine (C=N–C) groups is 1. The van der Waals surface area contributed by atoms with Gasteiger partial charge in [0.05, 0.1) is 26.4 Å². The summed E-state index contributed by atoms with van der Waals surface area (Å²) in [6.45, 7) is 7.21. The molecule has 1 atom stereocenters. The van der Waals surface area contributed by atoms with Crippen LogP contribution in [0.25, 0.3) is 0 Å². The van der Waals surface area contributed by atoms with Crippen LogP contribution in [-0.4, -0.2) is 64.4 Å². The van der Waals surface area contributed by atoms with Crippen molar-refractivity contribution in [1.29, 1.82) is 0 Å². The van der Waals surface area contributed by atoms with E-state index in [1.54, 1.807) is 7.11 Å². The number of nitrogens with one attached hydrogen (secondary N) is 2. The van der Waals surface area contributed by atoms with E-state index in [2.05, 4.69) is 63.8 Å². The molecule has 2 aromatic rings. The Morgan fingerprint density at radius 2 is 1.74 bits per heavy atom. The Balaban J connectivity index is 0.00000341. The maximum absolute atomic E-state index is 5.56. The minimum absolute atomic E-state index is 0. The Kier molecular flexibility index (Phi) is 11.1. The van der Waals surface area contributed by atoms with Gasteiger partial charge in [0.15, 0.2) is 5.96 Å². The van der Waals surface area contributed by atoms with Crippen LogP contribution in [0.2, 0.25) is 0 Å². The molecule has 0 saturated carbocycles. The van der Waals surface area contributed by atoms with Crippen molar-refractivity contribution in [3.05, 3.63) is 65.2 Å². The SMILES string of the molecule is CN=C(NCCc1ccc(OC)cc1)NCC(c1ccc(C)cc1)N1CCOCC1.I. The van der Waals surface area contributed by atoms with Gasteiger partial charge in [-0.3, -0.25) is 9.89 Å². The van der Waals surface area contributed by atoms with Crippen LogP contribution < -0.4 is 15.4 Å². The molecule has 31 heavy (non-hydrogen) atoms. The highest BCUT2D eigenvalue weighted by Gasteiger charge is 2.22. The first-order valence-corrected chi connectivity index (χ1v) is 10.7. The molecule has 2 N–H and O–H groups in total. The van der Waals surface area contributed by atoms with Crippen LogP contribution in [0.4, 0.5) is 0 Å². The molecule has 3 rings (SSSR count). The zero-order valence-corrected chi connectivity index (χ0v) is 21.1. The second-order valence-corrected chi connectivity index (χ2v) is 7.55. The van der Waals surface area contributed by atoms with E-state index >= 15 is 0 Å². The highest BCUT2D eigenvalue weighted by molar-refractivity contribution is 14.0. The lowest BCUT2D eigenvalue weighted by Gasteiger charge is -2.35. The molecule has 1 unspecified atom stereocenters. The molecule has 6 nitrogen and oxygen atoms in total. The smallest absolute Gasteiger partial charge is 0.191 e. The van der Waals surface area contributed by atoms with Crippen LogP contribution in [0.3, 0.4) is 0 Å². The maximum atomic E-state index is 5.56. The summed E-state index contributed by atoms with van der Waals surface area (Å²) in [5.74, 6) is 1.71. The molecule has 2 aromatic carbocycles. The lowest BCUT2D eigenvalue weighted by atomic mass is 10.0. The molecule has 1 aliphatic rings. The second kappa shape index (κ2) is 13.5. The number of benzene rings is 2. The van der Waals surface area contributed by atoms with Crippen molar-refractivity contribution in [3.63, 3.8) is 0 Å². The first-order chi connectivity index (χ1) is 14.7. The van der Waals surface area contributed by atoms with Crippen molar-refractivity contribution in [3.8, 4) is 5.75 Å². The van der Waals surface area contributed by atoms with E-state index in [-0.39, 0.29) is 30.0 Å². The van der Waals surface area contributed by atoms with Crippen LogP contribution >= 0.6 is 24.0 Å². The molecule has 170 valence electrons. The average molecular weight is 538 g/mol. The number of nitrogens with zero attached hydrogens (tertiary/aromatic N) is 2. The van der Waals surface area contributed by atoms with Gasteiger partial charge in [-0.05, 0) is 36.6 Å². The van der Waals surface area contributed by atoms with Gasteiger partial charge >= 0.3 is 0 Å². The minimum atomic E-state index is 0. The maximum Gasteiger partial charge on any atom is 0.191 e. The molecule has 0 amide bonds. The van der Waals surface area contributed by atoms with E-state index in [9.17, 15) is 0 Å². The molecule has 1 fully saturated rings. The van der Waals surface area contributed by atoms with Crippen molar-refractivity contribution < 1.29 is 9.47 Å². The van der Waals surface area contributed by atoms with Crippen molar-refractivity contribution in [2.75, 3.05) is 53.6 Å². The third kappa shape index (κ3) is 7.97. The van der Waals surface area contributed by atoms with Gasteiger partial charge in [-0.2, -0.15) is 0 Å². The number of halogens is 1. The average Bonchev–Trinajstić information content (AvgIpc) is 2.80. The third-order valence-electron chi connectivity index (χ3n) is 5.50. The Hall–Kier alpha value is -1.84. The van der Waals surface area contributed by atoms with Gasteiger partial charge in [0.1, 0.15) is 5.75 Å². The number of morpholine rings is 1. The zero-order chi connectivity index (χ0) is 21.2. The highest BCUT2D eigenvalue weighted by atomic mass is 127. The predicted molar refractivity (Wildman–Crippen MR) is 138 cm³/mol. The van der Waals surface area contributed by atoms with Gasteiger partial charge in [-0.1, -0.05) is 42.0 Å². The number of hydrogen-bond donors (Lipinski definition) is 2. The van der Waals surface area contributed by atoms with Crippen LogP contribution in [0.1, 0.15) is 22.7 Å². The van der Waals surface area contributed by atoms with E-state index < -0.39 is 0 Å². The van der Waals surface area contributed by atoms with Crippen molar-refractivity contribution in [2.24, 2.45) is 4.99 Å². The number of guanidine groups is 1. The number of methoxy groups -OCH3 is 1. The number of hydrogen-bond acceptors (Lipinski definition) is 4. The lowest BCUT2D eigenvalue weighted by Crippen LogP contribution is -2.46. The molecule has 7 heteroatoms. The summed E-state index contributed by atoms with van der Waals surface area (Å²) in [6, 6.07) is 17.3. The van der Waals surface area contributed by atoms with Crippen LogP contribution in [-0.2, 0) is 11.2 Å². The van der Waals surface area contributed by atoms with E-state index in [0.717, 1.165) is 57.5 Å². The number of ether oxygens (including phenoxy) is 2. The van der Waals surface area contributed by atoms with Gasteiger partial charge in [0.2, 0.25) is 0 Å². The molecule has 0 radical (unpaired) electrons. The molecule has 1 saturated heterocycles. The standard InChI is InChI=1S/C24H34N4O2.HI/c1-19-4-8-21(9-5-19)23(28-14-16-30-17-15-28)18-27-24(25-2)26-13-12-20-6-10-22(29-3)11-7-20;/h4-11,23H,12-18H2,1-3H3,(H2,25,26,27);1H. The summed E-state index contributed by atoms with van der Waals surface area (Å²) in [5.41, 5.74) is 3.87. The van der Waals surface area contributed by atoms with Gasteiger partial charge in [0, 0.05) is 33.2 Å². The summed E-state index contributed by atoms with van der Waals surface area (Å²) in [4.78, 5) is 6.89. The van der Waals surface area contributed by atoms with Gasteiger partial charge in [0.25, 0.3) is 0 Å². The Morgan fingerprint density at radius 1 is 1.06 bits per heavy atom. The zero-order valence-electron chi connectivity index (χ0n) is 18.8. The fraction of sp³-hybridized carbons (Fsp3) is 0.458. The highest BCUT2D eigenvalue weighted by Crippen LogP contribution is 2.21. The monoisotopic (exact) mass is 538 g/mol. The third-order valence-corrected chi connectivity index (χ3v) is 5.50. The molecule has 0 aliphatic carbocycles. The van der Waals surface area contributed by atoms with Gasteiger partial charge in [-0.25, -0.2) is 0 Å². The fourth-order valence-electron chi connectivity index (χ4n) is 3.67. The van der Waals surface area contributed by atoms with Crippen LogP contribution in [0.15, 0.2) is 53.5 Å². The molecular formula is C24H35IN4O2. The van der Waals surface area contributed by atoms with Gasteiger partial charge < -0.3 is 20.1 Å². The van der Waals surface area contributed by atoms with Crippen LogP contribution in [0.5, 0.6) is 5.75 Å². The predicted octanol–water partition coefficient (Wildman–Crippen LogP) is 3.40. The summed E-state index contributed by atoms with van der Waals surface area (Å²) >= 11 is 0. The Bertz CT molecular complexity index is 790. The minimum Gasteiger partial charge on any atom is -0.497 e. The quantitative estimate of drug-likeness (QED) is 0.307. The largest absolute Gasteiger partial charge is 0.497 e. The van der Waals surface area contributed by atoms with E-state index in [4.69, 9.17) is 9.47 Å². The molecule has 0 spiro atoms. The Labute approximate surface area is 203 Å². The molecule has 1 heterocycles. The summed E-state index contributed by atoms with van der Waals surface area (Å²) < 4.78 is 10.8. The van der Waals surface area contributed by atoms with Crippen LogP contribution in [0, 0.1) is 6.92 Å². The van der Waals surface area contributed by atoms with E-state index in [1.165, 1.54) is 16.7 Å². The molecule has 1 aliphatic heterocycles. The van der Waals surface area contributed by atoms with Crippen molar-refractivity contribution in [2.45, 2.75) is 19.4 Å². The normalized spacial score (nSPS) is 15.6. The number of aryl methyl sites for hydroxylation is 1. The van der Waals surface area contributed by atoms with E-state index in [0.29, 0.717) is 0 Å². The first kappa shape index (κ1) is 25.4. The molecule has 0 bridgehead atoms. The summed E-state index contributed by atoms with van der Waals surface area (Å²) in [6.07, 6.45) is 0.926. The fourth-order valence-corrected chi connectivity index (χ4v) is 3.67. The number of rotatable bonds is 8. The first-order valence-electron chi connectivity index (χ1n) is 10.7. The van der Waals surface area contributed by atoms with Crippen molar-refractivity contribution >= 4 is 29.9 Å². The molecular weight excluding hydrogens is 503 g/mol. The summed E-state index contributed by atoms with van der Waals surface area (Å²) in [7, 11) is 3.51. The Morgan fingerprint density at radius 3 is 2.35 bits per heavy atom. The molecule has 0 aromatic heterocycles. The van der Waals surface area contributed by atoms with Gasteiger partial charge in [-0.15, -0.1) is 24.0 Å². The lowest BCUT2D eigenvalue weighted by molar-refractivity contribution is 0.0170. The topological polar surface area (TPSA) is 58.1 Å². The van der Waals surface area contributed by atoms with Crippen molar-refractivity contribution in [1.82, 2.24) is 15.5 Å². The second-order valence-electron chi connectivity index (χ2n) is 7.55.